The third kappa shape index (κ3) is 2.99. The summed E-state index contributed by atoms with van der Waals surface area (Å²) in [6.45, 7) is 0.332. The van der Waals surface area contributed by atoms with E-state index >= 15 is 0 Å². The number of halogens is 1. The Hall–Kier alpha value is -1.52. The highest BCUT2D eigenvalue weighted by Gasteiger charge is 2.05. The number of hydrogen-bond acceptors (Lipinski definition) is 3. The minimum atomic E-state index is 0.310. The van der Waals surface area contributed by atoms with E-state index in [-0.39, 0.29) is 0 Å². The summed E-state index contributed by atoms with van der Waals surface area (Å²) in [5, 5.41) is 0.474. The molecule has 17 heavy (non-hydrogen) atoms. The van der Waals surface area contributed by atoms with Gasteiger partial charge in [-0.25, -0.2) is 0 Å². The fourth-order valence-corrected chi connectivity index (χ4v) is 1.68. The van der Waals surface area contributed by atoms with Crippen molar-refractivity contribution in [2.45, 2.75) is 6.61 Å². The first-order chi connectivity index (χ1) is 8.16. The van der Waals surface area contributed by atoms with E-state index in [1.165, 1.54) is 0 Å². The monoisotopic (exact) mass is 267 g/mol. The summed E-state index contributed by atoms with van der Waals surface area (Å²) in [6, 6.07) is 8.82. The van der Waals surface area contributed by atoms with Gasteiger partial charge < -0.3 is 14.9 Å². The van der Waals surface area contributed by atoms with Gasteiger partial charge in [0.1, 0.15) is 23.1 Å². The van der Waals surface area contributed by atoms with Crippen LogP contribution in [0.25, 0.3) is 0 Å². The van der Waals surface area contributed by atoms with Crippen molar-refractivity contribution in [3.05, 3.63) is 52.9 Å². The largest absolute Gasteiger partial charge is 0.484 e. The smallest absolute Gasteiger partial charge is 0.146 e. The maximum absolute atomic E-state index is 6.04. The molecule has 1 aromatic carbocycles. The quantitative estimate of drug-likeness (QED) is 0.865. The summed E-state index contributed by atoms with van der Waals surface area (Å²) in [5.41, 5.74) is 6.22. The van der Waals surface area contributed by atoms with Gasteiger partial charge in [0.05, 0.1) is 11.3 Å². The second-order valence-corrected chi connectivity index (χ2v) is 4.22. The SMILES string of the molecule is NC(=S)c1ccc(OCc2ccco2)c(Cl)c1. The summed E-state index contributed by atoms with van der Waals surface area (Å²) in [4.78, 5) is 0.310. The highest BCUT2D eigenvalue weighted by molar-refractivity contribution is 7.80. The molecule has 2 aromatic rings. The Morgan fingerprint density at radius 1 is 1.41 bits per heavy atom. The van der Waals surface area contributed by atoms with Crippen LogP contribution in [0, 0.1) is 0 Å². The summed E-state index contributed by atoms with van der Waals surface area (Å²) < 4.78 is 10.7. The third-order valence-electron chi connectivity index (χ3n) is 2.17. The summed E-state index contributed by atoms with van der Waals surface area (Å²) in [5.74, 6) is 1.31. The lowest BCUT2D eigenvalue weighted by molar-refractivity contribution is 0.270. The van der Waals surface area contributed by atoms with E-state index in [1.807, 2.05) is 6.07 Å². The Morgan fingerprint density at radius 2 is 2.24 bits per heavy atom. The maximum atomic E-state index is 6.04. The number of nitrogens with two attached hydrogens (primary N) is 1. The minimum Gasteiger partial charge on any atom is -0.484 e. The summed E-state index contributed by atoms with van der Waals surface area (Å²) in [6.07, 6.45) is 1.59. The van der Waals surface area contributed by atoms with E-state index in [0.717, 1.165) is 11.3 Å². The van der Waals surface area contributed by atoms with Crippen LogP contribution in [0.1, 0.15) is 11.3 Å². The first kappa shape index (κ1) is 12.0. The van der Waals surface area contributed by atoms with Crippen LogP contribution < -0.4 is 10.5 Å². The number of rotatable bonds is 4. The van der Waals surface area contributed by atoms with Gasteiger partial charge in [-0.2, -0.15) is 0 Å². The molecule has 2 N–H and O–H groups in total. The van der Waals surface area contributed by atoms with Crippen molar-refractivity contribution < 1.29 is 9.15 Å². The second-order valence-electron chi connectivity index (χ2n) is 3.38. The molecule has 1 aromatic heterocycles. The van der Waals surface area contributed by atoms with Gasteiger partial charge in [-0.05, 0) is 30.3 Å². The fourth-order valence-electron chi connectivity index (χ4n) is 1.31. The number of thiocarbonyl (C=S) groups is 1. The third-order valence-corrected chi connectivity index (χ3v) is 2.70. The van der Waals surface area contributed by atoms with Gasteiger partial charge in [-0.15, -0.1) is 0 Å². The van der Waals surface area contributed by atoms with Crippen LogP contribution in [0.2, 0.25) is 5.02 Å². The Labute approximate surface area is 109 Å². The molecule has 3 nitrogen and oxygen atoms in total. The van der Waals surface area contributed by atoms with Crippen LogP contribution >= 0.6 is 23.8 Å². The van der Waals surface area contributed by atoms with E-state index in [9.17, 15) is 0 Å². The van der Waals surface area contributed by atoms with Gasteiger partial charge in [0.25, 0.3) is 0 Å². The zero-order valence-electron chi connectivity index (χ0n) is 8.85. The van der Waals surface area contributed by atoms with Crippen molar-refractivity contribution in [1.82, 2.24) is 0 Å². The number of furan rings is 1. The molecule has 1 heterocycles. The molecule has 0 unspecified atom stereocenters. The van der Waals surface area contributed by atoms with Crippen LogP contribution in [-0.2, 0) is 6.61 Å². The van der Waals surface area contributed by atoms with Crippen LogP contribution in [0.4, 0.5) is 0 Å². The van der Waals surface area contributed by atoms with Gasteiger partial charge in [0.2, 0.25) is 0 Å². The standard InChI is InChI=1S/C12H10ClNO2S/c13-10-6-8(12(14)17)3-4-11(10)16-7-9-2-1-5-15-9/h1-6H,7H2,(H2,14,17). The molecule has 0 amide bonds. The molecule has 0 saturated carbocycles. The molecule has 0 radical (unpaired) electrons. The van der Waals surface area contributed by atoms with E-state index < -0.39 is 0 Å². The molecule has 0 atom stereocenters. The first-order valence-corrected chi connectivity index (χ1v) is 5.70. The zero-order chi connectivity index (χ0) is 12.3. The van der Waals surface area contributed by atoms with E-state index in [1.54, 1.807) is 30.5 Å². The van der Waals surface area contributed by atoms with Crippen molar-refractivity contribution in [3.63, 3.8) is 0 Å². The average molecular weight is 268 g/mol. The van der Waals surface area contributed by atoms with Crippen molar-refractivity contribution in [2.75, 3.05) is 0 Å². The molecule has 0 aliphatic carbocycles. The van der Waals surface area contributed by atoms with Crippen molar-refractivity contribution >= 4 is 28.8 Å². The second kappa shape index (κ2) is 5.21. The number of hydrogen-bond donors (Lipinski definition) is 1. The number of ether oxygens (including phenoxy) is 1. The van der Waals surface area contributed by atoms with Gasteiger partial charge in [0.15, 0.2) is 0 Å². The molecule has 0 bridgehead atoms. The fraction of sp³-hybridized carbons (Fsp3) is 0.0833. The summed E-state index contributed by atoms with van der Waals surface area (Å²) >= 11 is 10.9. The molecule has 0 aliphatic heterocycles. The molecule has 0 fully saturated rings. The predicted octanol–water partition coefficient (Wildman–Crippen LogP) is 3.15. The lowest BCUT2D eigenvalue weighted by Crippen LogP contribution is -2.09. The Kier molecular flexibility index (Phi) is 3.66. The molecule has 88 valence electrons. The molecule has 0 aliphatic rings. The van der Waals surface area contributed by atoms with Crippen LogP contribution in [0.5, 0.6) is 5.75 Å². The molecular formula is C12H10ClNO2S. The number of benzene rings is 1. The first-order valence-electron chi connectivity index (χ1n) is 4.91. The highest BCUT2D eigenvalue weighted by Crippen LogP contribution is 2.26. The molecule has 0 spiro atoms. The van der Waals surface area contributed by atoms with Crippen LogP contribution in [-0.4, -0.2) is 4.99 Å². The molecule has 2 rings (SSSR count). The lowest BCUT2D eigenvalue weighted by atomic mass is 10.2. The lowest BCUT2D eigenvalue weighted by Gasteiger charge is -2.07. The molecule has 5 heteroatoms. The topological polar surface area (TPSA) is 48.4 Å². The van der Waals surface area contributed by atoms with Gasteiger partial charge in [-0.1, -0.05) is 23.8 Å². The molecular weight excluding hydrogens is 258 g/mol. The highest BCUT2D eigenvalue weighted by atomic mass is 35.5. The Balaban J connectivity index is 2.09. The van der Waals surface area contributed by atoms with E-state index in [0.29, 0.717) is 22.4 Å². The Bertz CT molecular complexity index is 525. The van der Waals surface area contributed by atoms with Crippen molar-refractivity contribution in [2.24, 2.45) is 5.73 Å². The van der Waals surface area contributed by atoms with E-state index in [2.05, 4.69) is 0 Å². The Morgan fingerprint density at radius 3 is 2.82 bits per heavy atom. The normalized spacial score (nSPS) is 10.2. The van der Waals surface area contributed by atoms with Gasteiger partial charge >= 0.3 is 0 Å². The van der Waals surface area contributed by atoms with Crippen LogP contribution in [0.15, 0.2) is 41.0 Å². The predicted molar refractivity (Wildman–Crippen MR) is 70.4 cm³/mol. The van der Waals surface area contributed by atoms with Gasteiger partial charge in [-0.3, -0.25) is 0 Å². The molecule has 0 saturated heterocycles. The summed E-state index contributed by atoms with van der Waals surface area (Å²) in [7, 11) is 0. The zero-order valence-corrected chi connectivity index (χ0v) is 10.4. The van der Waals surface area contributed by atoms with Gasteiger partial charge in [0, 0.05) is 5.56 Å². The maximum Gasteiger partial charge on any atom is 0.146 e. The van der Waals surface area contributed by atoms with Crippen molar-refractivity contribution in [3.8, 4) is 5.75 Å². The van der Waals surface area contributed by atoms with Crippen molar-refractivity contribution in [1.29, 1.82) is 0 Å². The van der Waals surface area contributed by atoms with E-state index in [4.69, 9.17) is 38.7 Å². The minimum absolute atomic E-state index is 0.310. The van der Waals surface area contributed by atoms with Crippen LogP contribution in [0.3, 0.4) is 0 Å². The average Bonchev–Trinajstić information content (AvgIpc) is 2.80.